The third-order valence-corrected chi connectivity index (χ3v) is 11.4. The van der Waals surface area contributed by atoms with E-state index in [1.54, 1.807) is 25.1 Å². The number of carbonyl (C=O) groups excluding carboxylic acids is 1. The zero-order valence-electron chi connectivity index (χ0n) is 26.8. The molecule has 8 nitrogen and oxygen atoms in total. The van der Waals surface area contributed by atoms with Crippen molar-refractivity contribution in [2.45, 2.75) is 95.0 Å². The first-order valence-corrected chi connectivity index (χ1v) is 18.1. The number of benzene rings is 2. The maximum atomic E-state index is 13.1. The van der Waals surface area contributed by atoms with Crippen molar-refractivity contribution in [2.75, 3.05) is 24.6 Å². The molecule has 0 bridgehead atoms. The molecule has 45 heavy (non-hydrogen) atoms. The van der Waals surface area contributed by atoms with E-state index in [0.717, 1.165) is 48.6 Å². The number of nitrogens with two attached hydrogens (primary N) is 1. The van der Waals surface area contributed by atoms with Crippen LogP contribution in [0, 0.1) is 11.8 Å². The van der Waals surface area contributed by atoms with Crippen molar-refractivity contribution in [3.63, 3.8) is 0 Å². The van der Waals surface area contributed by atoms with E-state index in [4.69, 9.17) is 26.2 Å². The Balaban J connectivity index is 1.43. The summed E-state index contributed by atoms with van der Waals surface area (Å²) < 4.78 is 35.9. The van der Waals surface area contributed by atoms with Crippen molar-refractivity contribution in [1.82, 2.24) is 0 Å². The third-order valence-electron chi connectivity index (χ3n) is 9.69. The summed E-state index contributed by atoms with van der Waals surface area (Å²) in [5.41, 5.74) is 2.96. The molecule has 0 aromatic heterocycles. The lowest BCUT2D eigenvalue weighted by Gasteiger charge is -2.45. The summed E-state index contributed by atoms with van der Waals surface area (Å²) in [6.07, 6.45) is 8.29. The van der Waals surface area contributed by atoms with Gasteiger partial charge in [-0.05, 0) is 119 Å². The monoisotopic (exact) mass is 658 g/mol. The first-order chi connectivity index (χ1) is 21.2. The van der Waals surface area contributed by atoms with E-state index in [9.17, 15) is 18.3 Å². The number of aliphatic hydroxyl groups excluding tert-OH is 1. The van der Waals surface area contributed by atoms with Crippen molar-refractivity contribution in [3.05, 3.63) is 70.3 Å². The van der Waals surface area contributed by atoms with E-state index >= 15 is 0 Å². The van der Waals surface area contributed by atoms with Crippen LogP contribution in [0.1, 0.15) is 87.7 Å². The molecule has 1 fully saturated rings. The number of hydrogen-bond acceptors (Lipinski definition) is 7. The number of aryl methyl sites for hydroxylation is 1. The van der Waals surface area contributed by atoms with Gasteiger partial charge in [0.25, 0.3) is 0 Å². The molecule has 2 aromatic carbocycles. The lowest BCUT2D eigenvalue weighted by Crippen LogP contribution is -2.49. The van der Waals surface area contributed by atoms with Crippen LogP contribution in [0.4, 0.5) is 5.69 Å². The molecular formula is C35H47ClN2O6S. The third kappa shape index (κ3) is 7.70. The summed E-state index contributed by atoms with van der Waals surface area (Å²) in [5.74, 6) is 0.580. The number of ether oxygens (including phenoxy) is 2. The second kappa shape index (κ2) is 13.3. The van der Waals surface area contributed by atoms with Gasteiger partial charge in [-0.2, -0.15) is 0 Å². The molecular weight excluding hydrogens is 612 g/mol. The molecule has 0 saturated heterocycles. The topological polar surface area (TPSA) is 119 Å². The fraction of sp³-hybridized carbons (Fsp3) is 0.571. The fourth-order valence-corrected chi connectivity index (χ4v) is 8.22. The Labute approximate surface area is 273 Å². The number of esters is 1. The normalized spacial score (nSPS) is 24.6. The number of anilines is 1. The van der Waals surface area contributed by atoms with E-state index in [0.29, 0.717) is 31.7 Å². The van der Waals surface area contributed by atoms with Crippen molar-refractivity contribution >= 4 is 33.3 Å². The molecule has 1 aliphatic heterocycles. The van der Waals surface area contributed by atoms with Crippen LogP contribution in [0.2, 0.25) is 5.02 Å². The molecule has 1 spiro atoms. The zero-order chi connectivity index (χ0) is 32.6. The summed E-state index contributed by atoms with van der Waals surface area (Å²) in [4.78, 5) is 15.5. The maximum absolute atomic E-state index is 13.1. The van der Waals surface area contributed by atoms with Gasteiger partial charge in [-0.1, -0.05) is 36.7 Å². The summed E-state index contributed by atoms with van der Waals surface area (Å²) >= 11 is 6.40. The SMILES string of the molecule is CCC(C/C=C/C(O)[C@@H]1CC[C@H]1CN1C[C@@]2(CCCc3cc(Cl)ccc32)COc2ccc(C(=O)OC(C)(C)C)cc21)S(N)(=O)=O. The number of nitrogens with zero attached hydrogens (tertiary/aromatic N) is 1. The van der Waals surface area contributed by atoms with Crippen molar-refractivity contribution in [2.24, 2.45) is 17.0 Å². The van der Waals surface area contributed by atoms with Gasteiger partial charge in [0.15, 0.2) is 0 Å². The highest BCUT2D eigenvalue weighted by Gasteiger charge is 2.44. The number of sulfonamides is 1. The van der Waals surface area contributed by atoms with E-state index in [2.05, 4.69) is 17.0 Å². The van der Waals surface area contributed by atoms with Gasteiger partial charge in [0.1, 0.15) is 11.4 Å². The number of aliphatic hydroxyl groups is 1. The molecule has 1 saturated carbocycles. The Kier molecular flexibility index (Phi) is 9.95. The van der Waals surface area contributed by atoms with Gasteiger partial charge in [0.05, 0.1) is 29.2 Å². The Bertz CT molecular complexity index is 1540. The average molecular weight is 659 g/mol. The molecule has 3 N–H and O–H groups in total. The largest absolute Gasteiger partial charge is 0.490 e. The summed E-state index contributed by atoms with van der Waals surface area (Å²) in [7, 11) is -3.64. The zero-order valence-corrected chi connectivity index (χ0v) is 28.4. The van der Waals surface area contributed by atoms with E-state index in [-0.39, 0.29) is 29.6 Å². The Hall–Kier alpha value is -2.59. The molecule has 2 aliphatic carbocycles. The molecule has 5 rings (SSSR count). The highest BCUT2D eigenvalue weighted by molar-refractivity contribution is 7.89. The molecule has 3 aliphatic rings. The average Bonchev–Trinajstić information content (AvgIpc) is 3.08. The molecule has 2 aromatic rings. The Morgan fingerprint density at radius 3 is 2.69 bits per heavy atom. The smallest absolute Gasteiger partial charge is 0.338 e. The van der Waals surface area contributed by atoms with Gasteiger partial charge in [-0.15, -0.1) is 0 Å². The minimum Gasteiger partial charge on any atom is -0.490 e. The number of hydrogen-bond donors (Lipinski definition) is 2. The van der Waals surface area contributed by atoms with Gasteiger partial charge in [-0.25, -0.2) is 18.4 Å². The molecule has 2 unspecified atom stereocenters. The van der Waals surface area contributed by atoms with Gasteiger partial charge in [0.2, 0.25) is 10.0 Å². The van der Waals surface area contributed by atoms with E-state index in [1.165, 1.54) is 11.1 Å². The minimum absolute atomic E-state index is 0.0332. The lowest BCUT2D eigenvalue weighted by molar-refractivity contribution is 0.00694. The van der Waals surface area contributed by atoms with Crippen LogP contribution >= 0.6 is 11.6 Å². The van der Waals surface area contributed by atoms with Crippen LogP contribution in [-0.2, 0) is 26.6 Å². The first-order valence-electron chi connectivity index (χ1n) is 16.1. The fourth-order valence-electron chi connectivity index (χ4n) is 7.18. The number of primary sulfonamides is 1. The standard InChI is InChI=1S/C35H47ClN2O6S/c1-5-27(45(37,41)42)9-6-10-31(39)28-14-11-25(28)20-38-21-35(17-7-8-23-18-26(36)13-15-29(23)35)22-43-32-16-12-24(19-30(32)38)33(40)44-34(2,3)4/h6,10,12-13,15-16,18-19,25,27-28,31,39H,5,7-9,11,14,17,20-22H2,1-4H3,(H2,37,41,42)/b10-6+/t25-,27?,28+,31?,35-/m0/s1. The quantitative estimate of drug-likeness (QED) is 0.244. The number of carbonyl (C=O) groups is 1. The van der Waals surface area contributed by atoms with E-state index in [1.807, 2.05) is 39.0 Å². The van der Waals surface area contributed by atoms with Crippen molar-refractivity contribution in [3.8, 4) is 5.75 Å². The van der Waals surface area contributed by atoms with Gasteiger partial charge in [-0.3, -0.25) is 0 Å². The molecule has 1 heterocycles. The predicted molar refractivity (Wildman–Crippen MR) is 179 cm³/mol. The minimum atomic E-state index is -3.64. The van der Waals surface area contributed by atoms with Crippen LogP contribution in [0.25, 0.3) is 0 Å². The highest BCUT2D eigenvalue weighted by atomic mass is 35.5. The summed E-state index contributed by atoms with van der Waals surface area (Å²) in [6.45, 7) is 9.26. The van der Waals surface area contributed by atoms with Crippen LogP contribution in [0.15, 0.2) is 48.6 Å². The summed E-state index contributed by atoms with van der Waals surface area (Å²) in [6, 6.07) is 11.7. The number of fused-ring (bicyclic) bond motifs is 3. The van der Waals surface area contributed by atoms with Crippen LogP contribution in [0.5, 0.6) is 5.75 Å². The molecule has 0 radical (unpaired) electrons. The maximum Gasteiger partial charge on any atom is 0.338 e. The number of allylic oxidation sites excluding steroid dienone is 1. The molecule has 10 heteroatoms. The van der Waals surface area contributed by atoms with Gasteiger partial charge >= 0.3 is 5.97 Å². The predicted octanol–water partition coefficient (Wildman–Crippen LogP) is 6.17. The van der Waals surface area contributed by atoms with Crippen LogP contribution in [-0.4, -0.2) is 56.1 Å². The molecule has 5 atom stereocenters. The second-order valence-corrected chi connectivity index (χ2v) is 16.3. The molecule has 246 valence electrons. The number of rotatable bonds is 9. The highest BCUT2D eigenvalue weighted by Crippen LogP contribution is 2.46. The van der Waals surface area contributed by atoms with E-state index < -0.39 is 27.0 Å². The van der Waals surface area contributed by atoms with Gasteiger partial charge in [0, 0.05) is 23.5 Å². The summed E-state index contributed by atoms with van der Waals surface area (Å²) in [5, 5.41) is 16.6. The molecule has 0 amide bonds. The Morgan fingerprint density at radius 1 is 1.24 bits per heavy atom. The Morgan fingerprint density at radius 2 is 2.02 bits per heavy atom. The van der Waals surface area contributed by atoms with Crippen LogP contribution < -0.4 is 14.8 Å². The van der Waals surface area contributed by atoms with Gasteiger partial charge < -0.3 is 19.5 Å². The van der Waals surface area contributed by atoms with Crippen LogP contribution in [0.3, 0.4) is 0 Å². The number of halogens is 1. The van der Waals surface area contributed by atoms with Crippen molar-refractivity contribution < 1.29 is 27.8 Å². The first kappa shape index (κ1) is 33.8. The van der Waals surface area contributed by atoms with Crippen molar-refractivity contribution in [1.29, 1.82) is 0 Å². The lowest BCUT2D eigenvalue weighted by atomic mass is 9.68. The second-order valence-electron chi connectivity index (χ2n) is 14.1.